The summed E-state index contributed by atoms with van der Waals surface area (Å²) in [4.78, 5) is 4.57. The smallest absolute Gasteiger partial charge is 0.123 e. The Labute approximate surface area is 121 Å². The summed E-state index contributed by atoms with van der Waals surface area (Å²) in [6.45, 7) is 1.43. The quantitative estimate of drug-likeness (QED) is 0.851. The molecule has 1 aliphatic rings. The summed E-state index contributed by atoms with van der Waals surface area (Å²) in [6, 6.07) is 6.80. The second-order valence-electron chi connectivity index (χ2n) is 4.94. The summed E-state index contributed by atoms with van der Waals surface area (Å²) >= 11 is 1.67. The first-order valence-corrected chi connectivity index (χ1v) is 7.72. The van der Waals surface area contributed by atoms with E-state index >= 15 is 0 Å². The molecule has 1 aliphatic carbocycles. The zero-order valence-electron chi connectivity index (χ0n) is 11.1. The SMILES string of the molecule is Fc1ccc(OCCc2nc(CNC3CC3)cs2)cc1. The van der Waals surface area contributed by atoms with Crippen LogP contribution in [0.15, 0.2) is 29.6 Å². The molecule has 0 amide bonds. The van der Waals surface area contributed by atoms with Crippen molar-refractivity contribution in [1.82, 2.24) is 10.3 Å². The molecule has 3 nitrogen and oxygen atoms in total. The second kappa shape index (κ2) is 6.33. The minimum Gasteiger partial charge on any atom is -0.493 e. The Morgan fingerprint density at radius 1 is 1.30 bits per heavy atom. The van der Waals surface area contributed by atoms with E-state index in [2.05, 4.69) is 15.7 Å². The molecule has 1 aromatic carbocycles. The molecule has 1 fully saturated rings. The fourth-order valence-corrected chi connectivity index (χ4v) is 2.65. The molecule has 1 N–H and O–H groups in total. The molecule has 106 valence electrons. The first-order chi connectivity index (χ1) is 9.79. The van der Waals surface area contributed by atoms with Gasteiger partial charge in [-0.2, -0.15) is 0 Å². The molecule has 0 spiro atoms. The van der Waals surface area contributed by atoms with Crippen molar-refractivity contribution in [2.45, 2.75) is 31.8 Å². The van der Waals surface area contributed by atoms with Gasteiger partial charge in [0, 0.05) is 24.4 Å². The zero-order valence-corrected chi connectivity index (χ0v) is 12.0. The third-order valence-electron chi connectivity index (χ3n) is 3.15. The normalized spacial score (nSPS) is 14.4. The zero-order chi connectivity index (χ0) is 13.8. The molecule has 0 atom stereocenters. The third-order valence-corrected chi connectivity index (χ3v) is 4.10. The van der Waals surface area contributed by atoms with Crippen molar-refractivity contribution in [1.29, 1.82) is 0 Å². The Bertz CT molecular complexity index is 551. The van der Waals surface area contributed by atoms with Crippen molar-refractivity contribution in [2.75, 3.05) is 6.61 Å². The van der Waals surface area contributed by atoms with E-state index in [0.717, 1.165) is 23.7 Å². The van der Waals surface area contributed by atoms with Gasteiger partial charge < -0.3 is 10.1 Å². The Hall–Kier alpha value is -1.46. The van der Waals surface area contributed by atoms with Gasteiger partial charge in [-0.3, -0.25) is 0 Å². The van der Waals surface area contributed by atoms with Gasteiger partial charge in [-0.05, 0) is 37.1 Å². The first kappa shape index (κ1) is 13.5. The second-order valence-corrected chi connectivity index (χ2v) is 5.88. The summed E-state index contributed by atoms with van der Waals surface area (Å²) < 4.78 is 18.3. The van der Waals surface area contributed by atoms with Crippen LogP contribution in [-0.2, 0) is 13.0 Å². The van der Waals surface area contributed by atoms with Gasteiger partial charge >= 0.3 is 0 Å². The lowest BCUT2D eigenvalue weighted by atomic mass is 10.3. The Morgan fingerprint density at radius 2 is 2.10 bits per heavy atom. The number of rotatable bonds is 7. The van der Waals surface area contributed by atoms with Crippen LogP contribution >= 0.6 is 11.3 Å². The lowest BCUT2D eigenvalue weighted by Crippen LogP contribution is -2.15. The highest BCUT2D eigenvalue weighted by molar-refractivity contribution is 7.09. The van der Waals surface area contributed by atoms with Crippen LogP contribution in [0.4, 0.5) is 4.39 Å². The molecule has 5 heteroatoms. The molecule has 1 heterocycles. The maximum absolute atomic E-state index is 12.7. The number of nitrogens with zero attached hydrogens (tertiary/aromatic N) is 1. The van der Waals surface area contributed by atoms with Gasteiger partial charge in [-0.15, -0.1) is 11.3 Å². The highest BCUT2D eigenvalue weighted by Gasteiger charge is 2.20. The van der Waals surface area contributed by atoms with Crippen LogP contribution < -0.4 is 10.1 Å². The number of ether oxygens (including phenoxy) is 1. The van der Waals surface area contributed by atoms with E-state index in [1.54, 1.807) is 23.5 Å². The van der Waals surface area contributed by atoms with E-state index in [-0.39, 0.29) is 5.82 Å². The fraction of sp³-hybridized carbons (Fsp3) is 0.400. The van der Waals surface area contributed by atoms with Gasteiger partial charge in [-0.1, -0.05) is 0 Å². The van der Waals surface area contributed by atoms with Crippen LogP contribution in [0.1, 0.15) is 23.5 Å². The van der Waals surface area contributed by atoms with Gasteiger partial charge in [-0.25, -0.2) is 9.37 Å². The lowest BCUT2D eigenvalue weighted by Gasteiger charge is -2.04. The Kier molecular flexibility index (Phi) is 4.28. The average molecular weight is 292 g/mol. The molecule has 20 heavy (non-hydrogen) atoms. The molecule has 1 aromatic heterocycles. The van der Waals surface area contributed by atoms with Crippen molar-refractivity contribution in [3.05, 3.63) is 46.2 Å². The van der Waals surface area contributed by atoms with Crippen LogP contribution in [0.3, 0.4) is 0 Å². The molecule has 0 bridgehead atoms. The van der Waals surface area contributed by atoms with Crippen molar-refractivity contribution in [3.8, 4) is 5.75 Å². The molecule has 0 saturated heterocycles. The molecule has 0 aliphatic heterocycles. The van der Waals surface area contributed by atoms with Crippen LogP contribution in [0, 0.1) is 5.82 Å². The van der Waals surface area contributed by atoms with Crippen LogP contribution in [0.2, 0.25) is 0 Å². The van der Waals surface area contributed by atoms with Gasteiger partial charge in [0.25, 0.3) is 0 Å². The minimum absolute atomic E-state index is 0.245. The minimum atomic E-state index is -0.245. The Morgan fingerprint density at radius 3 is 2.85 bits per heavy atom. The summed E-state index contributed by atoms with van der Waals surface area (Å²) in [5, 5.41) is 6.63. The number of halogens is 1. The number of hydrogen-bond acceptors (Lipinski definition) is 4. The number of benzene rings is 1. The van der Waals surface area contributed by atoms with E-state index in [9.17, 15) is 4.39 Å². The molecule has 3 rings (SSSR count). The summed E-state index contributed by atoms with van der Waals surface area (Å²) in [7, 11) is 0. The number of nitrogens with one attached hydrogen (secondary N) is 1. The number of aromatic nitrogens is 1. The third kappa shape index (κ3) is 4.02. The first-order valence-electron chi connectivity index (χ1n) is 6.84. The average Bonchev–Trinajstić information content (AvgIpc) is 3.18. The maximum Gasteiger partial charge on any atom is 0.123 e. The van der Waals surface area contributed by atoms with Gasteiger partial charge in [0.05, 0.1) is 17.3 Å². The van der Waals surface area contributed by atoms with Crippen molar-refractivity contribution in [2.24, 2.45) is 0 Å². The number of hydrogen-bond donors (Lipinski definition) is 1. The molecular weight excluding hydrogens is 275 g/mol. The predicted octanol–water partition coefficient (Wildman–Crippen LogP) is 3.16. The molecule has 0 unspecified atom stereocenters. The number of thiazole rings is 1. The van der Waals surface area contributed by atoms with Crippen LogP contribution in [0.25, 0.3) is 0 Å². The van der Waals surface area contributed by atoms with E-state index in [1.165, 1.54) is 25.0 Å². The van der Waals surface area contributed by atoms with Gasteiger partial charge in [0.2, 0.25) is 0 Å². The largest absolute Gasteiger partial charge is 0.493 e. The predicted molar refractivity (Wildman–Crippen MR) is 77.6 cm³/mol. The maximum atomic E-state index is 12.7. The lowest BCUT2D eigenvalue weighted by molar-refractivity contribution is 0.321. The topological polar surface area (TPSA) is 34.1 Å². The van der Waals surface area contributed by atoms with Crippen LogP contribution in [-0.4, -0.2) is 17.6 Å². The standard InChI is InChI=1S/C15H17FN2OS/c16-11-1-5-14(6-2-11)19-8-7-15-18-13(10-20-15)9-17-12-3-4-12/h1-2,5-6,10,12,17H,3-4,7-9H2. The van der Waals surface area contributed by atoms with Gasteiger partial charge in [0.1, 0.15) is 11.6 Å². The van der Waals surface area contributed by atoms with Crippen molar-refractivity contribution < 1.29 is 9.13 Å². The molecule has 2 aromatic rings. The van der Waals surface area contributed by atoms with Gasteiger partial charge in [0.15, 0.2) is 0 Å². The van der Waals surface area contributed by atoms with Crippen molar-refractivity contribution in [3.63, 3.8) is 0 Å². The monoisotopic (exact) mass is 292 g/mol. The summed E-state index contributed by atoms with van der Waals surface area (Å²) in [5.74, 6) is 0.448. The van der Waals surface area contributed by atoms with E-state index < -0.39 is 0 Å². The molecule has 0 radical (unpaired) electrons. The summed E-state index contributed by atoms with van der Waals surface area (Å²) in [5.41, 5.74) is 1.11. The highest BCUT2D eigenvalue weighted by Crippen LogP contribution is 2.20. The highest BCUT2D eigenvalue weighted by atomic mass is 32.1. The van der Waals surface area contributed by atoms with Crippen LogP contribution in [0.5, 0.6) is 5.75 Å². The van der Waals surface area contributed by atoms with E-state index in [0.29, 0.717) is 18.4 Å². The summed E-state index contributed by atoms with van der Waals surface area (Å²) in [6.07, 6.45) is 3.37. The van der Waals surface area contributed by atoms with Crippen molar-refractivity contribution >= 4 is 11.3 Å². The Balaban J connectivity index is 1.42. The van der Waals surface area contributed by atoms with E-state index in [4.69, 9.17) is 4.74 Å². The fourth-order valence-electron chi connectivity index (χ4n) is 1.87. The molecule has 1 saturated carbocycles. The van der Waals surface area contributed by atoms with E-state index in [1.807, 2.05) is 0 Å². The molecular formula is C15H17FN2OS.